The van der Waals surface area contributed by atoms with Crippen LogP contribution in [-0.2, 0) is 14.3 Å². The summed E-state index contributed by atoms with van der Waals surface area (Å²) in [4.78, 5) is 25.6. The van der Waals surface area contributed by atoms with Crippen LogP contribution in [0.2, 0.25) is 0 Å². The van der Waals surface area contributed by atoms with Crippen LogP contribution < -0.4 is 4.74 Å². The first kappa shape index (κ1) is 21.7. The molecule has 0 aliphatic heterocycles. The molecule has 1 aromatic rings. The number of carbonyl (C=O) groups is 2. The number of ether oxygens (including phenoxy) is 2. The number of aliphatic hydroxyl groups is 1. The lowest BCUT2D eigenvalue weighted by Crippen LogP contribution is -2.50. The lowest BCUT2D eigenvalue weighted by molar-refractivity contribution is -0.142. The Kier molecular flexibility index (Phi) is 8.85. The lowest BCUT2D eigenvalue weighted by atomic mass is 10.0. The normalized spacial score (nSPS) is 11.4. The molecular weight excluding hydrogens is 334 g/mol. The average Bonchev–Trinajstić information content (AvgIpc) is 2.64. The number of hydrogen-bond acceptors (Lipinski definition) is 5. The number of amides is 1. The Morgan fingerprint density at radius 3 is 2.58 bits per heavy atom. The smallest absolute Gasteiger partial charge is 0.307 e. The molecule has 1 rings (SSSR count). The summed E-state index contributed by atoms with van der Waals surface area (Å²) in [7, 11) is 1.30. The van der Waals surface area contributed by atoms with E-state index in [4.69, 9.17) is 4.74 Å². The third-order valence-electron chi connectivity index (χ3n) is 3.94. The SMILES string of the molecule is CCCOc1ccccc1/C=C/C(=O)N(CCC(=O)OC)C(C)(C)CO. The Morgan fingerprint density at radius 1 is 1.27 bits per heavy atom. The molecule has 0 aliphatic rings. The van der Waals surface area contributed by atoms with Crippen LogP contribution in [0.1, 0.15) is 39.2 Å². The van der Waals surface area contributed by atoms with E-state index < -0.39 is 11.5 Å². The Morgan fingerprint density at radius 2 is 1.96 bits per heavy atom. The van der Waals surface area contributed by atoms with E-state index in [1.54, 1.807) is 19.9 Å². The highest BCUT2D eigenvalue weighted by molar-refractivity contribution is 5.93. The molecule has 144 valence electrons. The molecule has 6 nitrogen and oxygen atoms in total. The van der Waals surface area contributed by atoms with Crippen LogP contribution in [0, 0.1) is 0 Å². The van der Waals surface area contributed by atoms with Crippen LogP contribution in [0.15, 0.2) is 30.3 Å². The summed E-state index contributed by atoms with van der Waals surface area (Å²) >= 11 is 0. The number of aliphatic hydroxyl groups excluding tert-OH is 1. The number of hydrogen-bond donors (Lipinski definition) is 1. The molecule has 1 amide bonds. The Bertz CT molecular complexity index is 624. The lowest BCUT2D eigenvalue weighted by Gasteiger charge is -2.36. The van der Waals surface area contributed by atoms with Gasteiger partial charge < -0.3 is 19.5 Å². The summed E-state index contributed by atoms with van der Waals surface area (Å²) in [6.45, 7) is 6.06. The van der Waals surface area contributed by atoms with Gasteiger partial charge in [0.05, 0.1) is 32.3 Å². The molecule has 0 unspecified atom stereocenters. The molecule has 6 heteroatoms. The first-order valence-corrected chi connectivity index (χ1v) is 8.75. The summed E-state index contributed by atoms with van der Waals surface area (Å²) in [5, 5.41) is 9.61. The van der Waals surface area contributed by atoms with Gasteiger partial charge in [0.2, 0.25) is 5.91 Å². The molecule has 1 aromatic carbocycles. The fourth-order valence-corrected chi connectivity index (χ4v) is 2.31. The van der Waals surface area contributed by atoms with Crippen LogP contribution in [-0.4, -0.2) is 54.3 Å². The third kappa shape index (κ3) is 6.52. The zero-order valence-corrected chi connectivity index (χ0v) is 16.0. The molecule has 0 aliphatic carbocycles. The molecule has 0 bridgehead atoms. The van der Waals surface area contributed by atoms with Crippen molar-refractivity contribution >= 4 is 18.0 Å². The van der Waals surface area contributed by atoms with Crippen molar-refractivity contribution in [3.8, 4) is 5.75 Å². The van der Waals surface area contributed by atoms with Crippen LogP contribution >= 0.6 is 0 Å². The van der Waals surface area contributed by atoms with E-state index in [0.717, 1.165) is 12.0 Å². The van der Waals surface area contributed by atoms with Gasteiger partial charge in [-0.05, 0) is 32.4 Å². The topological polar surface area (TPSA) is 76.1 Å². The fourth-order valence-electron chi connectivity index (χ4n) is 2.31. The summed E-state index contributed by atoms with van der Waals surface area (Å²) in [6.07, 6.45) is 4.08. The molecular formula is C20H29NO5. The maximum Gasteiger partial charge on any atom is 0.307 e. The molecule has 0 spiro atoms. The largest absolute Gasteiger partial charge is 0.493 e. The molecule has 0 saturated carbocycles. The summed E-state index contributed by atoms with van der Waals surface area (Å²) in [5.41, 5.74) is -0.00255. The molecule has 1 N–H and O–H groups in total. The minimum absolute atomic E-state index is 0.0652. The molecule has 0 heterocycles. The maximum atomic E-state index is 12.7. The minimum atomic E-state index is -0.798. The second kappa shape index (κ2) is 10.6. The van der Waals surface area contributed by atoms with Gasteiger partial charge in [0.1, 0.15) is 5.75 Å². The fraction of sp³-hybridized carbons (Fsp3) is 0.500. The van der Waals surface area contributed by atoms with Crippen molar-refractivity contribution < 1.29 is 24.2 Å². The monoisotopic (exact) mass is 363 g/mol. The van der Waals surface area contributed by atoms with Gasteiger partial charge >= 0.3 is 5.97 Å². The quantitative estimate of drug-likeness (QED) is 0.511. The van der Waals surface area contributed by atoms with Gasteiger partial charge in [0.15, 0.2) is 0 Å². The average molecular weight is 363 g/mol. The molecule has 0 saturated heterocycles. The number of carbonyl (C=O) groups excluding carboxylic acids is 2. The Labute approximate surface area is 155 Å². The van der Waals surface area contributed by atoms with Crippen molar-refractivity contribution in [3.05, 3.63) is 35.9 Å². The number of benzene rings is 1. The Hall–Kier alpha value is -2.34. The molecule has 0 fully saturated rings. The number of nitrogens with zero attached hydrogens (tertiary/aromatic N) is 1. The Balaban J connectivity index is 2.95. The summed E-state index contributed by atoms with van der Waals surface area (Å²) < 4.78 is 10.3. The predicted molar refractivity (Wildman–Crippen MR) is 101 cm³/mol. The number of para-hydroxylation sites is 1. The number of esters is 1. The van der Waals surface area contributed by atoms with E-state index in [2.05, 4.69) is 4.74 Å². The van der Waals surface area contributed by atoms with Gasteiger partial charge in [-0.1, -0.05) is 25.1 Å². The highest BCUT2D eigenvalue weighted by atomic mass is 16.5. The molecule has 0 radical (unpaired) electrons. The molecule has 0 aromatic heterocycles. The van der Waals surface area contributed by atoms with Crippen LogP contribution in [0.5, 0.6) is 5.75 Å². The first-order valence-electron chi connectivity index (χ1n) is 8.75. The minimum Gasteiger partial charge on any atom is -0.493 e. The third-order valence-corrected chi connectivity index (χ3v) is 3.94. The second-order valence-corrected chi connectivity index (χ2v) is 6.51. The molecule has 0 atom stereocenters. The summed E-state index contributed by atoms with van der Waals surface area (Å²) in [5.74, 6) is 0.0120. The highest BCUT2D eigenvalue weighted by Crippen LogP contribution is 2.21. The molecule has 26 heavy (non-hydrogen) atoms. The van der Waals surface area contributed by atoms with Crippen molar-refractivity contribution in [3.63, 3.8) is 0 Å². The van der Waals surface area contributed by atoms with E-state index in [9.17, 15) is 14.7 Å². The van der Waals surface area contributed by atoms with E-state index in [-0.39, 0.29) is 25.5 Å². The summed E-state index contributed by atoms with van der Waals surface area (Å²) in [6, 6.07) is 7.47. The predicted octanol–water partition coefficient (Wildman–Crippen LogP) is 2.65. The first-order chi connectivity index (χ1) is 12.4. The standard InChI is InChI=1S/C20H29NO5/c1-5-14-26-17-9-7-6-8-16(17)10-11-18(23)21(20(2,3)15-22)13-12-19(24)25-4/h6-11,22H,5,12-15H2,1-4H3/b11-10+. The van der Waals surface area contributed by atoms with Gasteiger partial charge in [-0.25, -0.2) is 0 Å². The zero-order valence-electron chi connectivity index (χ0n) is 16.0. The zero-order chi connectivity index (χ0) is 19.6. The van der Waals surface area contributed by atoms with Crippen LogP contribution in [0.4, 0.5) is 0 Å². The van der Waals surface area contributed by atoms with Gasteiger partial charge in [0, 0.05) is 18.2 Å². The van der Waals surface area contributed by atoms with Gasteiger partial charge in [-0.15, -0.1) is 0 Å². The van der Waals surface area contributed by atoms with E-state index in [1.165, 1.54) is 18.1 Å². The van der Waals surface area contributed by atoms with Crippen LogP contribution in [0.25, 0.3) is 6.08 Å². The van der Waals surface area contributed by atoms with Crippen molar-refractivity contribution in [2.75, 3.05) is 26.9 Å². The van der Waals surface area contributed by atoms with Gasteiger partial charge in [0.25, 0.3) is 0 Å². The van der Waals surface area contributed by atoms with Crippen molar-refractivity contribution in [1.29, 1.82) is 0 Å². The highest BCUT2D eigenvalue weighted by Gasteiger charge is 2.29. The van der Waals surface area contributed by atoms with Gasteiger partial charge in [-0.3, -0.25) is 9.59 Å². The second-order valence-electron chi connectivity index (χ2n) is 6.51. The maximum absolute atomic E-state index is 12.7. The van der Waals surface area contributed by atoms with E-state index in [1.807, 2.05) is 31.2 Å². The van der Waals surface area contributed by atoms with Crippen molar-refractivity contribution in [2.24, 2.45) is 0 Å². The van der Waals surface area contributed by atoms with Crippen molar-refractivity contribution in [2.45, 2.75) is 39.2 Å². The number of rotatable bonds is 10. The van der Waals surface area contributed by atoms with Gasteiger partial charge in [-0.2, -0.15) is 0 Å². The van der Waals surface area contributed by atoms with E-state index in [0.29, 0.717) is 12.4 Å². The van der Waals surface area contributed by atoms with E-state index >= 15 is 0 Å². The van der Waals surface area contributed by atoms with Crippen LogP contribution in [0.3, 0.4) is 0 Å². The number of methoxy groups -OCH3 is 1. The van der Waals surface area contributed by atoms with Crippen molar-refractivity contribution in [1.82, 2.24) is 4.90 Å².